The number of sulfonamides is 1. The van der Waals surface area contributed by atoms with Crippen molar-refractivity contribution in [2.45, 2.75) is 6.92 Å². The summed E-state index contributed by atoms with van der Waals surface area (Å²) in [4.78, 5) is 11.4. The summed E-state index contributed by atoms with van der Waals surface area (Å²) in [6.45, 7) is 2.01. The molecule has 1 aromatic rings. The highest BCUT2D eigenvalue weighted by Gasteiger charge is 2.13. The normalized spacial score (nSPS) is 11.4. The van der Waals surface area contributed by atoms with Crippen molar-refractivity contribution in [3.8, 4) is 0 Å². The number of carbonyl (C=O) groups excluding carboxylic acids is 1. The van der Waals surface area contributed by atoms with Gasteiger partial charge >= 0.3 is 0 Å². The van der Waals surface area contributed by atoms with E-state index in [4.69, 9.17) is 5.73 Å². The van der Waals surface area contributed by atoms with E-state index in [-0.39, 0.29) is 22.4 Å². The molecule has 17 heavy (non-hydrogen) atoms. The van der Waals surface area contributed by atoms with Gasteiger partial charge in [-0.25, -0.2) is 13.1 Å². The van der Waals surface area contributed by atoms with Gasteiger partial charge in [-0.05, 0) is 0 Å². The maximum absolute atomic E-state index is 11.4. The van der Waals surface area contributed by atoms with Gasteiger partial charge in [-0.2, -0.15) is 0 Å². The summed E-state index contributed by atoms with van der Waals surface area (Å²) in [7, 11) is -3.33. The van der Waals surface area contributed by atoms with E-state index in [0.717, 1.165) is 11.3 Å². The zero-order valence-corrected chi connectivity index (χ0v) is 10.8. The average Bonchev–Trinajstić information content (AvgIpc) is 2.64. The number of nitrogens with zero attached hydrogens (tertiary/aromatic N) is 2. The molecule has 0 spiro atoms. The first-order valence-electron chi connectivity index (χ1n) is 4.79. The SMILES string of the molecule is CCNS(=O)(=O)CCNC(=O)c1nnc(N)s1. The van der Waals surface area contributed by atoms with E-state index >= 15 is 0 Å². The zero-order valence-electron chi connectivity index (χ0n) is 9.13. The Hall–Kier alpha value is -1.26. The van der Waals surface area contributed by atoms with Gasteiger partial charge in [0.25, 0.3) is 5.91 Å². The molecule has 96 valence electrons. The summed E-state index contributed by atoms with van der Waals surface area (Å²) >= 11 is 0.942. The van der Waals surface area contributed by atoms with Gasteiger partial charge in [0.2, 0.25) is 20.2 Å². The lowest BCUT2D eigenvalue weighted by Gasteiger charge is -2.04. The first-order chi connectivity index (χ1) is 7.94. The highest BCUT2D eigenvalue weighted by atomic mass is 32.2. The van der Waals surface area contributed by atoms with Crippen LogP contribution in [0.2, 0.25) is 0 Å². The first kappa shape index (κ1) is 13.8. The Balaban J connectivity index is 2.40. The third-order valence-corrected chi connectivity index (χ3v) is 3.88. The molecule has 8 nitrogen and oxygen atoms in total. The Kier molecular flexibility index (Phi) is 4.78. The van der Waals surface area contributed by atoms with Gasteiger partial charge in [0.05, 0.1) is 5.75 Å². The molecule has 0 bridgehead atoms. The fraction of sp³-hybridized carbons (Fsp3) is 0.571. The van der Waals surface area contributed by atoms with Gasteiger partial charge in [0.15, 0.2) is 0 Å². The molecule has 1 aromatic heterocycles. The second-order valence-electron chi connectivity index (χ2n) is 3.02. The topological polar surface area (TPSA) is 127 Å². The number of nitrogens with one attached hydrogen (secondary N) is 2. The third-order valence-electron chi connectivity index (χ3n) is 1.66. The van der Waals surface area contributed by atoms with Crippen LogP contribution in [0.25, 0.3) is 0 Å². The van der Waals surface area contributed by atoms with Crippen LogP contribution in [-0.2, 0) is 10.0 Å². The number of nitrogen functional groups attached to an aromatic ring is 1. The Morgan fingerprint density at radius 3 is 2.71 bits per heavy atom. The van der Waals surface area contributed by atoms with Crippen molar-refractivity contribution in [3.05, 3.63) is 5.01 Å². The monoisotopic (exact) mass is 279 g/mol. The molecule has 0 atom stereocenters. The maximum Gasteiger partial charge on any atom is 0.282 e. The lowest BCUT2D eigenvalue weighted by Crippen LogP contribution is -2.34. The number of rotatable bonds is 6. The number of nitrogens with two attached hydrogens (primary N) is 1. The first-order valence-corrected chi connectivity index (χ1v) is 7.26. The van der Waals surface area contributed by atoms with Crippen molar-refractivity contribution in [3.63, 3.8) is 0 Å². The van der Waals surface area contributed by atoms with Crippen LogP contribution in [0.1, 0.15) is 16.7 Å². The van der Waals surface area contributed by atoms with E-state index in [1.165, 1.54) is 0 Å². The summed E-state index contributed by atoms with van der Waals surface area (Å²) in [5.41, 5.74) is 5.31. The number of amides is 1. The van der Waals surface area contributed by atoms with Gasteiger partial charge in [-0.3, -0.25) is 4.79 Å². The molecule has 0 unspecified atom stereocenters. The van der Waals surface area contributed by atoms with Crippen molar-refractivity contribution in [2.75, 3.05) is 24.6 Å². The Morgan fingerprint density at radius 1 is 1.47 bits per heavy atom. The fourth-order valence-electron chi connectivity index (χ4n) is 0.993. The van der Waals surface area contributed by atoms with Crippen molar-refractivity contribution in [1.82, 2.24) is 20.2 Å². The number of aromatic nitrogens is 2. The van der Waals surface area contributed by atoms with Crippen LogP contribution in [0.5, 0.6) is 0 Å². The minimum atomic E-state index is -3.33. The molecule has 0 saturated carbocycles. The van der Waals surface area contributed by atoms with Crippen molar-refractivity contribution >= 4 is 32.4 Å². The molecule has 0 saturated heterocycles. The second kappa shape index (κ2) is 5.89. The van der Waals surface area contributed by atoms with E-state index in [0.29, 0.717) is 6.54 Å². The van der Waals surface area contributed by atoms with Crippen molar-refractivity contribution in [2.24, 2.45) is 0 Å². The number of hydrogen-bond donors (Lipinski definition) is 3. The summed E-state index contributed by atoms with van der Waals surface area (Å²) in [5, 5.41) is 9.74. The number of carbonyl (C=O) groups is 1. The maximum atomic E-state index is 11.4. The molecular formula is C7H13N5O3S2. The van der Waals surface area contributed by atoms with E-state index in [9.17, 15) is 13.2 Å². The standard InChI is InChI=1S/C7H13N5O3S2/c1-2-10-17(14,15)4-3-9-5(13)6-11-12-7(8)16-6/h10H,2-4H2,1H3,(H2,8,12)(H,9,13). The number of hydrogen-bond acceptors (Lipinski definition) is 7. The van der Waals surface area contributed by atoms with Crippen LogP contribution < -0.4 is 15.8 Å². The Morgan fingerprint density at radius 2 is 2.18 bits per heavy atom. The molecule has 0 radical (unpaired) electrons. The van der Waals surface area contributed by atoms with Crippen molar-refractivity contribution < 1.29 is 13.2 Å². The van der Waals surface area contributed by atoms with E-state index < -0.39 is 15.9 Å². The van der Waals surface area contributed by atoms with Crippen LogP contribution >= 0.6 is 11.3 Å². The van der Waals surface area contributed by atoms with Crippen LogP contribution in [0.15, 0.2) is 0 Å². The Labute approximate surface area is 103 Å². The summed E-state index contributed by atoms with van der Waals surface area (Å²) < 4.78 is 24.8. The molecule has 0 aromatic carbocycles. The number of anilines is 1. The van der Waals surface area contributed by atoms with Crippen LogP contribution in [-0.4, -0.2) is 43.4 Å². The molecule has 10 heteroatoms. The van der Waals surface area contributed by atoms with Gasteiger partial charge in [0.1, 0.15) is 0 Å². The minimum absolute atomic E-state index is 0.00759. The molecule has 0 aliphatic rings. The predicted molar refractivity (Wildman–Crippen MR) is 64.1 cm³/mol. The summed E-state index contributed by atoms with van der Waals surface area (Å²) in [5.74, 6) is -0.660. The van der Waals surface area contributed by atoms with Gasteiger partial charge < -0.3 is 11.1 Å². The lowest BCUT2D eigenvalue weighted by atomic mass is 10.6. The molecular weight excluding hydrogens is 266 g/mol. The van der Waals surface area contributed by atoms with Crippen LogP contribution in [0, 0.1) is 0 Å². The smallest absolute Gasteiger partial charge is 0.282 e. The summed E-state index contributed by atoms with van der Waals surface area (Å²) in [6, 6.07) is 0. The van der Waals surface area contributed by atoms with E-state index in [1.54, 1.807) is 6.92 Å². The third kappa shape index (κ3) is 4.63. The van der Waals surface area contributed by atoms with Crippen LogP contribution in [0.3, 0.4) is 0 Å². The fourth-order valence-corrected chi connectivity index (χ4v) is 2.47. The lowest BCUT2D eigenvalue weighted by molar-refractivity contribution is 0.0955. The highest BCUT2D eigenvalue weighted by Crippen LogP contribution is 2.09. The Bertz CT molecular complexity index is 483. The molecule has 4 N–H and O–H groups in total. The van der Waals surface area contributed by atoms with Gasteiger partial charge in [-0.1, -0.05) is 18.3 Å². The summed E-state index contributed by atoms with van der Waals surface area (Å²) in [6.07, 6.45) is 0. The van der Waals surface area contributed by atoms with Crippen molar-refractivity contribution in [1.29, 1.82) is 0 Å². The van der Waals surface area contributed by atoms with Gasteiger partial charge in [-0.15, -0.1) is 10.2 Å². The van der Waals surface area contributed by atoms with Crippen LogP contribution in [0.4, 0.5) is 5.13 Å². The zero-order chi connectivity index (χ0) is 12.9. The molecule has 0 fully saturated rings. The molecule has 1 amide bonds. The largest absolute Gasteiger partial charge is 0.374 e. The molecule has 1 rings (SSSR count). The van der Waals surface area contributed by atoms with E-state index in [1.807, 2.05) is 0 Å². The minimum Gasteiger partial charge on any atom is -0.374 e. The predicted octanol–water partition coefficient (Wildman–Crippen LogP) is -1.21. The highest BCUT2D eigenvalue weighted by molar-refractivity contribution is 7.89. The molecule has 0 aliphatic carbocycles. The second-order valence-corrected chi connectivity index (χ2v) is 5.95. The van der Waals surface area contributed by atoms with Gasteiger partial charge in [0, 0.05) is 13.1 Å². The molecule has 1 heterocycles. The molecule has 0 aliphatic heterocycles. The average molecular weight is 279 g/mol. The van der Waals surface area contributed by atoms with E-state index in [2.05, 4.69) is 20.2 Å². The quantitative estimate of drug-likeness (QED) is 0.599.